The largest absolute Gasteiger partial charge is 0.384 e. The van der Waals surface area contributed by atoms with Gasteiger partial charge in [-0.05, 0) is 31.7 Å². The highest BCUT2D eigenvalue weighted by Crippen LogP contribution is 2.12. The molecule has 4 heteroatoms. The van der Waals surface area contributed by atoms with Gasteiger partial charge in [-0.3, -0.25) is 4.79 Å². The van der Waals surface area contributed by atoms with Crippen molar-refractivity contribution >= 4 is 17.7 Å². The summed E-state index contributed by atoms with van der Waals surface area (Å²) in [6, 6.07) is 5.74. The predicted octanol–water partition coefficient (Wildman–Crippen LogP) is 2.21. The zero-order valence-electron chi connectivity index (χ0n) is 12.2. The van der Waals surface area contributed by atoms with Crippen LogP contribution in [0.3, 0.4) is 0 Å². The van der Waals surface area contributed by atoms with Gasteiger partial charge in [0.05, 0.1) is 5.56 Å². The van der Waals surface area contributed by atoms with E-state index in [0.717, 1.165) is 17.7 Å². The van der Waals surface area contributed by atoms with Crippen LogP contribution in [0.1, 0.15) is 34.8 Å². The molecule has 0 bridgehead atoms. The average Bonchev–Trinajstić information content (AvgIpc) is 2.45. The smallest absolute Gasteiger partial charge is 0.252 e. The molecule has 0 heterocycles. The Morgan fingerprint density at radius 3 is 2.85 bits per heavy atom. The van der Waals surface area contributed by atoms with Crippen molar-refractivity contribution in [2.45, 2.75) is 26.3 Å². The van der Waals surface area contributed by atoms with E-state index >= 15 is 0 Å². The molecule has 0 spiro atoms. The minimum absolute atomic E-state index is 0.100. The fraction of sp³-hybridized carbons (Fsp3) is 0.438. The van der Waals surface area contributed by atoms with Crippen molar-refractivity contribution in [1.29, 1.82) is 0 Å². The van der Waals surface area contributed by atoms with Crippen molar-refractivity contribution in [2.75, 3.05) is 18.6 Å². The van der Waals surface area contributed by atoms with E-state index < -0.39 is 0 Å². The van der Waals surface area contributed by atoms with Crippen LogP contribution in [0.2, 0.25) is 0 Å². The lowest BCUT2D eigenvalue weighted by molar-refractivity contribution is 0.0939. The van der Waals surface area contributed by atoms with Crippen LogP contribution >= 0.6 is 11.8 Å². The number of hydrogen-bond donors (Lipinski definition) is 2. The molecule has 1 unspecified atom stereocenters. The Morgan fingerprint density at radius 1 is 1.50 bits per heavy atom. The maximum atomic E-state index is 12.4. The summed E-state index contributed by atoms with van der Waals surface area (Å²) in [5.74, 6) is 6.22. The second kappa shape index (κ2) is 8.68. The monoisotopic (exact) mass is 291 g/mol. The summed E-state index contributed by atoms with van der Waals surface area (Å²) < 4.78 is 0. The minimum Gasteiger partial charge on any atom is -0.384 e. The van der Waals surface area contributed by atoms with E-state index in [9.17, 15) is 4.79 Å². The summed E-state index contributed by atoms with van der Waals surface area (Å²) in [5, 5.41) is 11.8. The van der Waals surface area contributed by atoms with Gasteiger partial charge in [-0.2, -0.15) is 11.8 Å². The van der Waals surface area contributed by atoms with E-state index in [4.69, 9.17) is 5.11 Å². The molecule has 1 atom stereocenters. The van der Waals surface area contributed by atoms with E-state index in [0.29, 0.717) is 11.1 Å². The van der Waals surface area contributed by atoms with Crippen LogP contribution in [-0.4, -0.2) is 35.7 Å². The Morgan fingerprint density at radius 2 is 2.25 bits per heavy atom. The maximum absolute atomic E-state index is 12.4. The summed E-state index contributed by atoms with van der Waals surface area (Å²) in [4.78, 5) is 12.4. The van der Waals surface area contributed by atoms with E-state index in [1.807, 2.05) is 31.4 Å². The van der Waals surface area contributed by atoms with Crippen molar-refractivity contribution in [2.24, 2.45) is 0 Å². The van der Waals surface area contributed by atoms with Crippen LogP contribution in [0.5, 0.6) is 0 Å². The van der Waals surface area contributed by atoms with E-state index in [-0.39, 0.29) is 18.6 Å². The molecule has 0 radical (unpaired) electrons. The number of carbonyl (C=O) groups excluding carboxylic acids is 1. The molecule has 0 aliphatic carbocycles. The molecule has 0 saturated heterocycles. The zero-order chi connectivity index (χ0) is 15.0. The summed E-state index contributed by atoms with van der Waals surface area (Å²) in [6.07, 6.45) is 2.93. The van der Waals surface area contributed by atoms with Gasteiger partial charge in [0.2, 0.25) is 0 Å². The van der Waals surface area contributed by atoms with Gasteiger partial charge >= 0.3 is 0 Å². The highest BCUT2D eigenvalue weighted by Gasteiger charge is 2.14. The average molecular weight is 291 g/mol. The fourth-order valence-electron chi connectivity index (χ4n) is 1.82. The number of carbonyl (C=O) groups is 1. The van der Waals surface area contributed by atoms with Gasteiger partial charge in [-0.1, -0.05) is 30.4 Å². The molecule has 0 aliphatic rings. The number of nitrogens with one attached hydrogen (secondary N) is 1. The van der Waals surface area contributed by atoms with Crippen molar-refractivity contribution in [3.8, 4) is 11.8 Å². The van der Waals surface area contributed by atoms with Crippen LogP contribution in [0.4, 0.5) is 0 Å². The molecule has 20 heavy (non-hydrogen) atoms. The lowest BCUT2D eigenvalue weighted by Crippen LogP contribution is -2.36. The Bertz CT molecular complexity index is 517. The van der Waals surface area contributed by atoms with E-state index in [1.165, 1.54) is 0 Å². The van der Waals surface area contributed by atoms with Crippen LogP contribution in [-0.2, 0) is 0 Å². The highest BCUT2D eigenvalue weighted by molar-refractivity contribution is 7.98. The third kappa shape index (κ3) is 4.92. The van der Waals surface area contributed by atoms with Gasteiger partial charge in [-0.15, -0.1) is 0 Å². The van der Waals surface area contributed by atoms with Crippen LogP contribution < -0.4 is 5.32 Å². The van der Waals surface area contributed by atoms with E-state index in [2.05, 4.69) is 24.1 Å². The molecular formula is C16H21NO2S. The third-order valence-electron chi connectivity index (χ3n) is 2.92. The first kappa shape index (κ1) is 16.6. The van der Waals surface area contributed by atoms with Crippen molar-refractivity contribution in [1.82, 2.24) is 5.32 Å². The first-order valence-corrected chi connectivity index (χ1v) is 8.01. The fourth-order valence-corrected chi connectivity index (χ4v) is 2.54. The van der Waals surface area contributed by atoms with Crippen molar-refractivity contribution < 1.29 is 9.90 Å². The Hall–Kier alpha value is -1.44. The number of aliphatic hydroxyl groups excluding tert-OH is 1. The maximum Gasteiger partial charge on any atom is 0.252 e. The van der Waals surface area contributed by atoms with Crippen LogP contribution in [0.15, 0.2) is 18.2 Å². The molecule has 1 amide bonds. The van der Waals surface area contributed by atoms with Gasteiger partial charge in [0.1, 0.15) is 6.61 Å². The Labute approximate surface area is 125 Å². The molecule has 0 saturated carbocycles. The molecular weight excluding hydrogens is 270 g/mol. The summed E-state index contributed by atoms with van der Waals surface area (Å²) in [5.41, 5.74) is 2.24. The van der Waals surface area contributed by atoms with Crippen molar-refractivity contribution in [3.63, 3.8) is 0 Å². The number of thioether (sulfide) groups is 1. The molecule has 1 aromatic carbocycles. The molecule has 0 aliphatic heterocycles. The molecule has 1 aromatic rings. The minimum atomic E-state index is -0.209. The van der Waals surface area contributed by atoms with Gasteiger partial charge in [0, 0.05) is 17.4 Å². The van der Waals surface area contributed by atoms with Crippen molar-refractivity contribution in [3.05, 3.63) is 34.9 Å². The van der Waals surface area contributed by atoms with Gasteiger partial charge < -0.3 is 10.4 Å². The predicted molar refractivity (Wildman–Crippen MR) is 85.1 cm³/mol. The number of benzene rings is 1. The second-order valence-electron chi connectivity index (χ2n) is 4.54. The van der Waals surface area contributed by atoms with Gasteiger partial charge in [0.25, 0.3) is 5.91 Å². The number of hydrogen-bond acceptors (Lipinski definition) is 3. The topological polar surface area (TPSA) is 49.3 Å². The standard InChI is InChI=1S/C16H21NO2S/c1-4-14(11-20-3)17-16(19)15-10-12(2)7-8-13(15)6-5-9-18/h7-8,10,14,18H,4,9,11H2,1-3H3,(H,17,19). The SMILES string of the molecule is CCC(CSC)NC(=O)c1cc(C)ccc1C#CCO. The van der Waals surface area contributed by atoms with Crippen LogP contribution in [0, 0.1) is 18.8 Å². The highest BCUT2D eigenvalue weighted by atomic mass is 32.2. The van der Waals surface area contributed by atoms with Crippen LogP contribution in [0.25, 0.3) is 0 Å². The first-order chi connectivity index (χ1) is 9.62. The quantitative estimate of drug-likeness (QED) is 0.818. The first-order valence-electron chi connectivity index (χ1n) is 6.62. The summed E-state index contributed by atoms with van der Waals surface area (Å²) in [6.45, 7) is 3.79. The second-order valence-corrected chi connectivity index (χ2v) is 5.45. The molecule has 0 fully saturated rings. The summed E-state index contributed by atoms with van der Waals surface area (Å²) in [7, 11) is 0. The Balaban J connectivity index is 2.98. The number of rotatable bonds is 5. The number of aryl methyl sites for hydroxylation is 1. The molecule has 108 valence electrons. The zero-order valence-corrected chi connectivity index (χ0v) is 13.0. The van der Waals surface area contributed by atoms with E-state index in [1.54, 1.807) is 11.8 Å². The van der Waals surface area contributed by atoms with Gasteiger partial charge in [0.15, 0.2) is 0 Å². The molecule has 0 aromatic heterocycles. The number of aliphatic hydroxyl groups is 1. The third-order valence-corrected chi connectivity index (χ3v) is 3.65. The molecule has 3 nitrogen and oxygen atoms in total. The lowest BCUT2D eigenvalue weighted by Gasteiger charge is -2.16. The molecule has 2 N–H and O–H groups in total. The Kier molecular flexibility index (Phi) is 7.21. The summed E-state index contributed by atoms with van der Waals surface area (Å²) >= 11 is 1.72. The van der Waals surface area contributed by atoms with Gasteiger partial charge in [-0.25, -0.2) is 0 Å². The normalized spacial score (nSPS) is 11.4. The lowest BCUT2D eigenvalue weighted by atomic mass is 10.0. The molecule has 1 rings (SSSR count). The number of amides is 1.